The normalized spacial score (nSPS) is 10.9. The molecule has 4 heterocycles. The molecule has 10 aromatic rings. The third-order valence-corrected chi connectivity index (χ3v) is 11.1. The van der Waals surface area contributed by atoms with Crippen LogP contribution in [0.25, 0.3) is 32.9 Å². The molecule has 0 saturated heterocycles. The van der Waals surface area contributed by atoms with E-state index in [1.807, 2.05) is 42.5 Å². The van der Waals surface area contributed by atoms with Gasteiger partial charge in [0.1, 0.15) is 17.5 Å². The van der Waals surface area contributed by atoms with Crippen LogP contribution in [0.3, 0.4) is 0 Å². The minimum Gasteiger partial charge on any atom is -0.384 e. The molecule has 0 bridgehead atoms. The Labute approximate surface area is 393 Å². The Balaban J connectivity index is 0.811. The number of anilines is 11. The molecule has 0 aliphatic heterocycles. The van der Waals surface area contributed by atoms with Crippen LogP contribution < -0.4 is 37.6 Å². The van der Waals surface area contributed by atoms with Crippen LogP contribution in [0.2, 0.25) is 0 Å². The first kappa shape index (κ1) is 43.1. The minimum atomic E-state index is -0.528. The average molecular weight is 912 g/mol. The average Bonchev–Trinajstić information content (AvgIpc) is 3.36. The summed E-state index contributed by atoms with van der Waals surface area (Å²) in [6, 6.07) is 44.8. The lowest BCUT2D eigenvalue weighted by molar-refractivity contribution is 0.101. The first-order valence-electron chi connectivity index (χ1n) is 21.6. The van der Waals surface area contributed by atoms with Gasteiger partial charge in [-0.05, 0) is 145 Å². The molecule has 15 heteroatoms. The van der Waals surface area contributed by atoms with E-state index in [4.69, 9.17) is 5.73 Å². The number of nitrogens with two attached hydrogens (primary N) is 1. The highest BCUT2D eigenvalue weighted by Gasteiger charge is 2.16. The maximum absolute atomic E-state index is 16.3. The van der Waals surface area contributed by atoms with Gasteiger partial charge in [-0.1, -0.05) is 12.1 Å². The lowest BCUT2D eigenvalue weighted by Gasteiger charge is -2.16. The van der Waals surface area contributed by atoms with Gasteiger partial charge < -0.3 is 37.6 Å². The number of benzene rings is 6. The summed E-state index contributed by atoms with van der Waals surface area (Å²) < 4.78 is 30.4. The zero-order valence-corrected chi connectivity index (χ0v) is 36.3. The molecule has 0 saturated carbocycles. The first-order chi connectivity index (χ1) is 33.7. The van der Waals surface area contributed by atoms with Crippen molar-refractivity contribution in [3.63, 3.8) is 0 Å². The van der Waals surface area contributed by atoms with Gasteiger partial charge in [0.15, 0.2) is 0 Å². The fraction of sp³-hybridized carbons (Fsp3) is 0. The number of hydrogen-bond acceptors (Lipinski definition) is 11. The van der Waals surface area contributed by atoms with Crippen LogP contribution in [0.5, 0.6) is 0 Å². The Morgan fingerprint density at radius 1 is 0.464 bits per heavy atom. The molecule has 13 nitrogen and oxygen atoms in total. The van der Waals surface area contributed by atoms with E-state index in [1.165, 1.54) is 18.2 Å². The van der Waals surface area contributed by atoms with Gasteiger partial charge in [0.2, 0.25) is 0 Å². The number of carbonyl (C=O) groups excluding carboxylic acids is 2. The summed E-state index contributed by atoms with van der Waals surface area (Å²) in [6.07, 6.45) is 8.19. The fourth-order valence-electron chi connectivity index (χ4n) is 7.75. The second kappa shape index (κ2) is 19.0. The zero-order valence-electron chi connectivity index (χ0n) is 36.3. The molecule has 0 aliphatic carbocycles. The van der Waals surface area contributed by atoms with Gasteiger partial charge in [0.25, 0.3) is 11.8 Å². The number of nitrogen functional groups attached to an aromatic ring is 1. The number of aromatic nitrogens is 4. The Morgan fingerprint density at radius 3 is 1.70 bits per heavy atom. The minimum absolute atomic E-state index is 0.250. The summed E-state index contributed by atoms with van der Waals surface area (Å²) in [5.41, 5.74) is 15.5. The van der Waals surface area contributed by atoms with Crippen molar-refractivity contribution in [2.45, 2.75) is 0 Å². The van der Waals surface area contributed by atoms with E-state index >= 15 is 4.39 Å². The third kappa shape index (κ3) is 9.92. The van der Waals surface area contributed by atoms with Crippen LogP contribution in [0.15, 0.2) is 189 Å². The summed E-state index contributed by atoms with van der Waals surface area (Å²) in [5, 5.41) is 19.9. The number of hydrogen-bond donors (Lipinski definition) is 7. The maximum atomic E-state index is 16.3. The van der Waals surface area contributed by atoms with Gasteiger partial charge in [0, 0.05) is 105 Å². The zero-order chi connectivity index (χ0) is 47.3. The SMILES string of the molecule is Nc1cc(Nc2ccc(NC(=O)c3cccc(Nc4ccnc5ccc(F)cc45)c3)cc2)c(-c2cc(F)c3c(Nc4cccc(C(=O)Nc5ccc(Nc6ccncc6)cc5)c4)ccnc3c2)cn1. The molecular formula is C54H39F2N11O2. The number of nitrogens with one attached hydrogen (secondary N) is 6. The van der Waals surface area contributed by atoms with E-state index in [9.17, 15) is 14.0 Å². The smallest absolute Gasteiger partial charge is 0.255 e. The third-order valence-electron chi connectivity index (χ3n) is 11.1. The molecule has 0 unspecified atom stereocenters. The second-order valence-electron chi connectivity index (χ2n) is 15.8. The predicted octanol–water partition coefficient (Wildman–Crippen LogP) is 12.6. The molecule has 10 rings (SSSR count). The molecule has 0 atom stereocenters. The van der Waals surface area contributed by atoms with Crippen molar-refractivity contribution in [1.29, 1.82) is 0 Å². The summed E-state index contributed by atoms with van der Waals surface area (Å²) in [4.78, 5) is 43.8. The monoisotopic (exact) mass is 911 g/mol. The van der Waals surface area contributed by atoms with Gasteiger partial charge in [0.05, 0.1) is 27.8 Å². The molecule has 8 N–H and O–H groups in total. The molecule has 6 aromatic carbocycles. The number of rotatable bonds is 13. The van der Waals surface area contributed by atoms with Gasteiger partial charge in [-0.3, -0.25) is 24.5 Å². The quantitative estimate of drug-likeness (QED) is 0.0584. The van der Waals surface area contributed by atoms with Gasteiger partial charge >= 0.3 is 0 Å². The topological polar surface area (TPSA) is 184 Å². The highest BCUT2D eigenvalue weighted by atomic mass is 19.1. The highest BCUT2D eigenvalue weighted by molar-refractivity contribution is 6.06. The van der Waals surface area contributed by atoms with Crippen LogP contribution in [0.4, 0.5) is 71.5 Å². The first-order valence-corrected chi connectivity index (χ1v) is 21.6. The Kier molecular flexibility index (Phi) is 11.9. The highest BCUT2D eigenvalue weighted by Crippen LogP contribution is 2.37. The molecule has 2 amide bonds. The summed E-state index contributed by atoms with van der Waals surface area (Å²) >= 11 is 0. The standard InChI is InChI=1S/C54H39F2N11O2/c55-35-7-16-46-43(29-35)47(19-23-59-46)64-41-5-1-3-32(25-41)53(68)67-39-14-10-37(11-15-39)63-49-30-51(57)61-31-44(49)34-27-45(56)52-48(20-24-60-50(52)28-34)65-42-6-2-4-33(26-42)54(69)66-38-12-8-36(9-13-38)62-40-17-21-58-22-18-40/h1-31H,(H,58,62)(H,59,64)(H,60,65)(H,66,69)(H,67,68)(H3,57,61,63). The van der Waals surface area contributed by atoms with Crippen LogP contribution >= 0.6 is 0 Å². The van der Waals surface area contributed by atoms with Gasteiger partial charge in [-0.25, -0.2) is 13.8 Å². The van der Waals surface area contributed by atoms with Crippen molar-refractivity contribution >= 4 is 96.3 Å². The summed E-state index contributed by atoms with van der Waals surface area (Å²) in [6.45, 7) is 0. The molecule has 0 radical (unpaired) electrons. The van der Waals surface area contributed by atoms with Crippen molar-refractivity contribution in [1.82, 2.24) is 19.9 Å². The fourth-order valence-corrected chi connectivity index (χ4v) is 7.75. The molecule has 0 fully saturated rings. The number of carbonyl (C=O) groups is 2. The van der Waals surface area contributed by atoms with Crippen LogP contribution in [-0.4, -0.2) is 31.8 Å². The number of amides is 2. The maximum Gasteiger partial charge on any atom is 0.255 e. The van der Waals surface area contributed by atoms with Crippen LogP contribution in [0.1, 0.15) is 20.7 Å². The lowest BCUT2D eigenvalue weighted by Crippen LogP contribution is -2.12. The summed E-state index contributed by atoms with van der Waals surface area (Å²) in [7, 11) is 0. The van der Waals surface area contributed by atoms with Crippen molar-refractivity contribution in [2.75, 3.05) is 37.6 Å². The molecule has 0 aliphatic rings. The van der Waals surface area contributed by atoms with E-state index in [0.29, 0.717) is 84.2 Å². The molecule has 336 valence electrons. The molecule has 4 aromatic heterocycles. The number of pyridine rings is 4. The van der Waals surface area contributed by atoms with Crippen molar-refractivity contribution in [2.24, 2.45) is 0 Å². The molecule has 69 heavy (non-hydrogen) atoms. The lowest BCUT2D eigenvalue weighted by atomic mass is 10.0. The van der Waals surface area contributed by atoms with E-state index in [1.54, 1.807) is 128 Å². The van der Waals surface area contributed by atoms with E-state index < -0.39 is 5.82 Å². The number of fused-ring (bicyclic) bond motifs is 2. The van der Waals surface area contributed by atoms with Gasteiger partial charge in [-0.2, -0.15) is 0 Å². The largest absolute Gasteiger partial charge is 0.384 e. The number of nitrogens with zero attached hydrogens (tertiary/aromatic N) is 4. The van der Waals surface area contributed by atoms with Crippen LogP contribution in [0, 0.1) is 11.6 Å². The van der Waals surface area contributed by atoms with Crippen LogP contribution in [-0.2, 0) is 0 Å². The van der Waals surface area contributed by atoms with Crippen molar-refractivity contribution < 1.29 is 18.4 Å². The predicted molar refractivity (Wildman–Crippen MR) is 270 cm³/mol. The molecular weight excluding hydrogens is 873 g/mol. The van der Waals surface area contributed by atoms with E-state index in [-0.39, 0.29) is 28.8 Å². The van der Waals surface area contributed by atoms with E-state index in [2.05, 4.69) is 51.8 Å². The Hall–Kier alpha value is -9.76. The Bertz CT molecular complexity index is 3540. The van der Waals surface area contributed by atoms with E-state index in [0.717, 1.165) is 11.4 Å². The number of halogens is 2. The second-order valence-corrected chi connectivity index (χ2v) is 15.8. The molecule has 0 spiro atoms. The van der Waals surface area contributed by atoms with Crippen molar-refractivity contribution in [3.05, 3.63) is 211 Å². The van der Waals surface area contributed by atoms with Crippen molar-refractivity contribution in [3.8, 4) is 11.1 Å². The van der Waals surface area contributed by atoms with Gasteiger partial charge in [-0.15, -0.1) is 0 Å². The Morgan fingerprint density at radius 2 is 1.03 bits per heavy atom. The summed E-state index contributed by atoms with van der Waals surface area (Å²) in [5.74, 6) is -1.29.